The highest BCUT2D eigenvalue weighted by Gasteiger charge is 2.13. The van der Waals surface area contributed by atoms with Gasteiger partial charge in [0.15, 0.2) is 0 Å². The fourth-order valence-corrected chi connectivity index (χ4v) is 4.31. The van der Waals surface area contributed by atoms with Gasteiger partial charge in [0.2, 0.25) is 5.91 Å². The van der Waals surface area contributed by atoms with E-state index in [2.05, 4.69) is 47.9 Å². The normalized spacial score (nSPS) is 11.3. The fraction of sp³-hybridized carbons (Fsp3) is 0.267. The van der Waals surface area contributed by atoms with Crippen molar-refractivity contribution in [3.05, 3.63) is 39.0 Å². The number of nitrogens with zero attached hydrogens (tertiary/aromatic N) is 3. The van der Waals surface area contributed by atoms with Crippen molar-refractivity contribution in [3.8, 4) is 0 Å². The van der Waals surface area contributed by atoms with E-state index in [1.165, 1.54) is 4.88 Å². The number of carbonyl (C=O) groups excluding carboxylic acids is 1. The fourth-order valence-electron chi connectivity index (χ4n) is 2.24. The van der Waals surface area contributed by atoms with Crippen LogP contribution in [0.25, 0.3) is 11.0 Å². The van der Waals surface area contributed by atoms with E-state index in [0.29, 0.717) is 6.54 Å². The Morgan fingerprint density at radius 2 is 2.17 bits per heavy atom. The number of thiophene rings is 1. The summed E-state index contributed by atoms with van der Waals surface area (Å²) in [6, 6.07) is 9.73. The van der Waals surface area contributed by atoms with E-state index >= 15 is 0 Å². The molecule has 0 saturated heterocycles. The Morgan fingerprint density at radius 3 is 2.91 bits per heavy atom. The third kappa shape index (κ3) is 4.14. The number of hydrogen-bond acceptors (Lipinski definition) is 6. The second kappa shape index (κ2) is 7.48. The van der Waals surface area contributed by atoms with Crippen LogP contribution in [0.2, 0.25) is 0 Å². The van der Waals surface area contributed by atoms with Crippen LogP contribution in [0.1, 0.15) is 11.8 Å². The van der Waals surface area contributed by atoms with Crippen molar-refractivity contribution in [1.82, 2.24) is 13.6 Å². The number of aromatic nitrogens is 2. The molecule has 1 aromatic carbocycles. The summed E-state index contributed by atoms with van der Waals surface area (Å²) in [5, 5.41) is 2.94. The molecule has 0 radical (unpaired) electrons. The van der Waals surface area contributed by atoms with Gasteiger partial charge in [0.05, 0.1) is 27.7 Å². The first kappa shape index (κ1) is 16.5. The van der Waals surface area contributed by atoms with Gasteiger partial charge >= 0.3 is 0 Å². The average Bonchev–Trinajstić information content (AvgIpc) is 3.16. The van der Waals surface area contributed by atoms with Crippen molar-refractivity contribution in [2.75, 3.05) is 18.4 Å². The van der Waals surface area contributed by atoms with Gasteiger partial charge in [-0.05, 0) is 46.7 Å². The monoisotopic (exact) mass is 410 g/mol. The van der Waals surface area contributed by atoms with Crippen molar-refractivity contribution in [2.24, 2.45) is 0 Å². The Kier molecular flexibility index (Phi) is 5.37. The summed E-state index contributed by atoms with van der Waals surface area (Å²) in [6.07, 6.45) is 0. The van der Waals surface area contributed by atoms with Crippen LogP contribution >= 0.6 is 39.0 Å². The Morgan fingerprint density at radius 1 is 1.30 bits per heavy atom. The maximum Gasteiger partial charge on any atom is 0.238 e. The van der Waals surface area contributed by atoms with Gasteiger partial charge in [-0.15, -0.1) is 11.3 Å². The lowest BCUT2D eigenvalue weighted by Gasteiger charge is -2.19. The molecule has 0 aliphatic carbocycles. The van der Waals surface area contributed by atoms with E-state index in [0.717, 1.165) is 45.3 Å². The minimum Gasteiger partial charge on any atom is -0.323 e. The maximum absolute atomic E-state index is 12.3. The molecule has 0 saturated carbocycles. The molecule has 0 bridgehead atoms. The summed E-state index contributed by atoms with van der Waals surface area (Å²) >= 11 is 6.31. The molecule has 1 N–H and O–H groups in total. The first-order valence-corrected chi connectivity index (χ1v) is 9.47. The van der Waals surface area contributed by atoms with Crippen LogP contribution in [0.15, 0.2) is 34.1 Å². The molecular weight excluding hydrogens is 396 g/mol. The summed E-state index contributed by atoms with van der Waals surface area (Å²) in [6.45, 7) is 3.98. The molecule has 0 spiro atoms. The lowest BCUT2D eigenvalue weighted by molar-refractivity contribution is -0.117. The minimum atomic E-state index is -0.0389. The zero-order valence-electron chi connectivity index (χ0n) is 12.5. The Labute approximate surface area is 150 Å². The van der Waals surface area contributed by atoms with E-state index in [1.54, 1.807) is 11.3 Å². The van der Waals surface area contributed by atoms with Crippen LogP contribution in [0.4, 0.5) is 5.69 Å². The number of likely N-dealkylation sites (N-methyl/N-ethyl adjacent to an activating group) is 1. The van der Waals surface area contributed by atoms with Crippen LogP contribution < -0.4 is 5.32 Å². The Bertz CT molecular complexity index is 817. The zero-order valence-corrected chi connectivity index (χ0v) is 15.7. The highest BCUT2D eigenvalue weighted by atomic mass is 79.9. The SMILES string of the molecule is CCN(CC(=O)Nc1cccc2nsnc12)Cc1ccc(Br)s1. The lowest BCUT2D eigenvalue weighted by Crippen LogP contribution is -2.32. The lowest BCUT2D eigenvalue weighted by atomic mass is 10.2. The van der Waals surface area contributed by atoms with Crippen molar-refractivity contribution < 1.29 is 4.79 Å². The van der Waals surface area contributed by atoms with Crippen LogP contribution in [0, 0.1) is 0 Å². The number of nitrogens with one attached hydrogen (secondary N) is 1. The quantitative estimate of drug-likeness (QED) is 0.667. The second-order valence-electron chi connectivity index (χ2n) is 4.99. The standard InChI is InChI=1S/C15H15BrN4OS2/c1-2-20(8-10-6-7-13(16)22-10)9-14(21)17-11-4-3-5-12-15(11)19-23-18-12/h3-7H,2,8-9H2,1H3,(H,17,21). The molecule has 3 aromatic rings. The molecule has 120 valence electrons. The summed E-state index contributed by atoms with van der Waals surface area (Å²) in [7, 11) is 0. The molecule has 8 heteroatoms. The highest BCUT2D eigenvalue weighted by Crippen LogP contribution is 2.24. The minimum absolute atomic E-state index is 0.0389. The van der Waals surface area contributed by atoms with Gasteiger partial charge in [-0.25, -0.2) is 0 Å². The van der Waals surface area contributed by atoms with Gasteiger partial charge in [0.25, 0.3) is 0 Å². The van der Waals surface area contributed by atoms with E-state index in [9.17, 15) is 4.79 Å². The van der Waals surface area contributed by atoms with Crippen LogP contribution in [0.3, 0.4) is 0 Å². The highest BCUT2D eigenvalue weighted by molar-refractivity contribution is 9.11. The smallest absolute Gasteiger partial charge is 0.238 e. The molecule has 1 amide bonds. The largest absolute Gasteiger partial charge is 0.323 e. The first-order valence-electron chi connectivity index (χ1n) is 7.13. The number of anilines is 1. The molecule has 0 aliphatic heterocycles. The van der Waals surface area contributed by atoms with Crippen molar-refractivity contribution >= 4 is 61.6 Å². The Hall–Kier alpha value is -1.35. The molecule has 0 aliphatic rings. The molecule has 0 fully saturated rings. The van der Waals surface area contributed by atoms with Crippen molar-refractivity contribution in [1.29, 1.82) is 0 Å². The van der Waals surface area contributed by atoms with Crippen LogP contribution in [0.5, 0.6) is 0 Å². The predicted molar refractivity (Wildman–Crippen MR) is 99.0 cm³/mol. The number of halogens is 1. The van der Waals surface area contributed by atoms with E-state index < -0.39 is 0 Å². The zero-order chi connectivity index (χ0) is 16.2. The maximum atomic E-state index is 12.3. The summed E-state index contributed by atoms with van der Waals surface area (Å²) in [5.41, 5.74) is 2.27. The van der Waals surface area contributed by atoms with Gasteiger partial charge in [-0.3, -0.25) is 9.69 Å². The van der Waals surface area contributed by atoms with Gasteiger partial charge in [0.1, 0.15) is 11.0 Å². The number of amides is 1. The van der Waals surface area contributed by atoms with Gasteiger partial charge in [0, 0.05) is 11.4 Å². The van der Waals surface area contributed by atoms with E-state index in [-0.39, 0.29) is 5.91 Å². The first-order chi connectivity index (χ1) is 11.2. The number of rotatable bonds is 6. The summed E-state index contributed by atoms with van der Waals surface area (Å²) in [4.78, 5) is 15.7. The molecule has 3 rings (SSSR count). The molecule has 0 unspecified atom stereocenters. The third-order valence-electron chi connectivity index (χ3n) is 3.38. The summed E-state index contributed by atoms with van der Waals surface area (Å²) < 4.78 is 9.54. The number of fused-ring (bicyclic) bond motifs is 1. The molecule has 2 heterocycles. The topological polar surface area (TPSA) is 58.1 Å². The summed E-state index contributed by atoms with van der Waals surface area (Å²) in [5.74, 6) is -0.0389. The van der Waals surface area contributed by atoms with Crippen LogP contribution in [-0.4, -0.2) is 32.6 Å². The van der Waals surface area contributed by atoms with Crippen LogP contribution in [-0.2, 0) is 11.3 Å². The van der Waals surface area contributed by atoms with E-state index in [4.69, 9.17) is 0 Å². The van der Waals surface area contributed by atoms with Gasteiger partial charge in [-0.1, -0.05) is 13.0 Å². The third-order valence-corrected chi connectivity index (χ3v) is 5.53. The predicted octanol–water partition coefficient (Wildman–Crippen LogP) is 3.98. The number of benzene rings is 1. The number of hydrogen-bond donors (Lipinski definition) is 1. The molecule has 5 nitrogen and oxygen atoms in total. The van der Waals surface area contributed by atoms with Crippen molar-refractivity contribution in [2.45, 2.75) is 13.5 Å². The molecule has 23 heavy (non-hydrogen) atoms. The molecule has 0 atom stereocenters. The van der Waals surface area contributed by atoms with Crippen molar-refractivity contribution in [3.63, 3.8) is 0 Å². The van der Waals surface area contributed by atoms with E-state index in [1.807, 2.05) is 24.3 Å². The Balaban J connectivity index is 1.64. The number of carbonyl (C=O) groups is 1. The molecular formula is C15H15BrN4OS2. The van der Waals surface area contributed by atoms with Gasteiger partial charge < -0.3 is 5.32 Å². The average molecular weight is 411 g/mol. The second-order valence-corrected chi connectivity index (χ2v) is 8.07. The van der Waals surface area contributed by atoms with Gasteiger partial charge in [-0.2, -0.15) is 8.75 Å². The molecule has 2 aromatic heterocycles.